The van der Waals surface area contributed by atoms with Gasteiger partial charge in [-0.3, -0.25) is 14.4 Å². The Bertz CT molecular complexity index is 835. The lowest BCUT2D eigenvalue weighted by Gasteiger charge is -2.21. The number of carbonyl (C=O) groups is 3. The molecular weight excluding hydrogens is 367 g/mol. The molecule has 0 radical (unpaired) electrons. The minimum absolute atomic E-state index is 0.234. The highest BCUT2D eigenvalue weighted by Crippen LogP contribution is 2.42. The molecule has 2 saturated carbocycles. The normalized spacial score (nSPS) is 22.1. The topological polar surface area (TPSA) is 93.6 Å². The summed E-state index contributed by atoms with van der Waals surface area (Å²) in [4.78, 5) is 39.4. The number of hydrogen-bond donors (Lipinski definition) is 1. The molecule has 9 heteroatoms. The summed E-state index contributed by atoms with van der Waals surface area (Å²) in [6.07, 6.45) is -3.24. The predicted octanol–water partition coefficient (Wildman–Crippen LogP) is 3.00. The van der Waals surface area contributed by atoms with Gasteiger partial charge in [-0.15, -0.1) is 0 Å². The Hall–Kier alpha value is -2.71. The van der Waals surface area contributed by atoms with Crippen LogP contribution in [0.5, 0.6) is 0 Å². The second-order valence-corrected chi connectivity index (χ2v) is 6.63. The number of carbonyl (C=O) groups excluding carboxylic acids is 3. The van der Waals surface area contributed by atoms with E-state index in [1.165, 1.54) is 0 Å². The molecule has 1 heterocycles. The number of allylic oxidation sites excluding steroid dienone is 1. The van der Waals surface area contributed by atoms with Crippen molar-refractivity contribution in [2.45, 2.75) is 39.0 Å². The maximum absolute atomic E-state index is 12.9. The van der Waals surface area contributed by atoms with Crippen LogP contribution >= 0.6 is 0 Å². The number of ketones is 2. The van der Waals surface area contributed by atoms with Crippen LogP contribution < -0.4 is 0 Å². The molecule has 2 aliphatic carbocycles. The van der Waals surface area contributed by atoms with Gasteiger partial charge in [-0.2, -0.15) is 13.2 Å². The zero-order valence-corrected chi connectivity index (χ0v) is 14.3. The fraction of sp³-hybridized carbons (Fsp3) is 0.444. The molecule has 0 saturated heterocycles. The monoisotopic (exact) mass is 383 g/mol. The molecule has 27 heavy (non-hydrogen) atoms. The fourth-order valence-corrected chi connectivity index (χ4v) is 3.51. The number of nitrogens with zero attached hydrogens (tertiary/aromatic N) is 1. The van der Waals surface area contributed by atoms with Crippen LogP contribution in [-0.2, 0) is 31.9 Å². The number of aromatic nitrogens is 1. The largest absolute Gasteiger partial charge is 0.506 e. The molecule has 0 amide bonds. The first-order valence-corrected chi connectivity index (χ1v) is 8.32. The lowest BCUT2D eigenvalue weighted by molar-refractivity contribution is -0.143. The summed E-state index contributed by atoms with van der Waals surface area (Å²) < 4.78 is 43.5. The minimum atomic E-state index is -4.75. The average molecular weight is 383 g/mol. The van der Waals surface area contributed by atoms with Gasteiger partial charge in [-0.25, -0.2) is 4.98 Å². The van der Waals surface area contributed by atoms with Gasteiger partial charge in [0.25, 0.3) is 0 Å². The van der Waals surface area contributed by atoms with E-state index >= 15 is 0 Å². The Balaban J connectivity index is 2.10. The maximum Gasteiger partial charge on any atom is 0.433 e. The van der Waals surface area contributed by atoms with E-state index in [1.54, 1.807) is 0 Å². The number of Topliss-reactive ketones (excluding diaryl/α,β-unsaturated/α-hetero) is 2. The van der Waals surface area contributed by atoms with Crippen LogP contribution in [0, 0.1) is 11.8 Å². The number of aliphatic hydroxyl groups is 1. The second-order valence-electron chi connectivity index (χ2n) is 6.63. The van der Waals surface area contributed by atoms with E-state index < -0.39 is 47.3 Å². The van der Waals surface area contributed by atoms with Crippen LogP contribution in [0.25, 0.3) is 5.76 Å². The Morgan fingerprint density at radius 3 is 2.33 bits per heavy atom. The summed E-state index contributed by atoms with van der Waals surface area (Å²) in [6, 6.07) is 1.56. The third-order valence-corrected chi connectivity index (χ3v) is 4.84. The van der Waals surface area contributed by atoms with Gasteiger partial charge in [0.15, 0.2) is 11.6 Å². The van der Waals surface area contributed by atoms with E-state index in [0.29, 0.717) is 25.3 Å². The van der Waals surface area contributed by atoms with E-state index in [4.69, 9.17) is 4.74 Å². The highest BCUT2D eigenvalue weighted by atomic mass is 19.4. The van der Waals surface area contributed by atoms with Crippen molar-refractivity contribution < 1.29 is 37.4 Å². The Morgan fingerprint density at radius 2 is 1.81 bits per heavy atom. The van der Waals surface area contributed by atoms with Gasteiger partial charge in [0.05, 0.1) is 5.69 Å². The van der Waals surface area contributed by atoms with Gasteiger partial charge < -0.3 is 9.84 Å². The van der Waals surface area contributed by atoms with Crippen molar-refractivity contribution in [3.8, 4) is 0 Å². The van der Waals surface area contributed by atoms with Crippen LogP contribution in [-0.4, -0.2) is 27.6 Å². The molecule has 6 nitrogen and oxygen atoms in total. The van der Waals surface area contributed by atoms with E-state index in [2.05, 4.69) is 4.98 Å². The van der Waals surface area contributed by atoms with Crippen molar-refractivity contribution in [1.29, 1.82) is 0 Å². The van der Waals surface area contributed by atoms with Gasteiger partial charge in [-0.05, 0) is 31.4 Å². The molecule has 2 bridgehead atoms. The first kappa shape index (κ1) is 19.1. The molecule has 0 aliphatic heterocycles. The standard InChI is InChI=1S/C18H16F3NO5/c1-8(23)27-7-12-11(4-5-13(22-12)18(19,20)21)17(26)14-15(24)9-2-3-10(6-9)16(14)25/h4-5,9-10,26H,2-3,6-7H2,1H3. The first-order chi connectivity index (χ1) is 12.6. The summed E-state index contributed by atoms with van der Waals surface area (Å²) in [5.41, 5.74) is -2.27. The quantitative estimate of drug-likeness (QED) is 0.373. The van der Waals surface area contributed by atoms with Gasteiger partial charge in [0.1, 0.15) is 23.6 Å². The van der Waals surface area contributed by atoms with Crippen molar-refractivity contribution in [1.82, 2.24) is 4.98 Å². The predicted molar refractivity (Wildman–Crippen MR) is 85.1 cm³/mol. The van der Waals surface area contributed by atoms with Crippen LogP contribution in [0.2, 0.25) is 0 Å². The molecule has 1 aromatic rings. The van der Waals surface area contributed by atoms with Gasteiger partial charge in [0, 0.05) is 24.3 Å². The van der Waals surface area contributed by atoms with Crippen LogP contribution in [0.3, 0.4) is 0 Å². The first-order valence-electron chi connectivity index (χ1n) is 8.32. The maximum atomic E-state index is 12.9. The molecule has 1 aromatic heterocycles. The average Bonchev–Trinajstić information content (AvgIpc) is 3.04. The van der Waals surface area contributed by atoms with Crippen molar-refractivity contribution >= 4 is 23.3 Å². The van der Waals surface area contributed by atoms with Crippen molar-refractivity contribution in [2.75, 3.05) is 0 Å². The third-order valence-electron chi connectivity index (χ3n) is 4.84. The molecule has 3 rings (SSSR count). The smallest absolute Gasteiger partial charge is 0.433 e. The van der Waals surface area contributed by atoms with E-state index in [1.807, 2.05) is 0 Å². The number of alkyl halides is 3. The van der Waals surface area contributed by atoms with E-state index in [0.717, 1.165) is 13.0 Å². The highest BCUT2D eigenvalue weighted by Gasteiger charge is 2.45. The van der Waals surface area contributed by atoms with Crippen LogP contribution in [0.1, 0.15) is 43.1 Å². The Labute approximate surface area is 152 Å². The molecular formula is C18H16F3NO5. The molecule has 0 aromatic carbocycles. The van der Waals surface area contributed by atoms with Crippen molar-refractivity contribution in [3.63, 3.8) is 0 Å². The minimum Gasteiger partial charge on any atom is -0.506 e. The number of aliphatic hydroxyl groups excluding tert-OH is 1. The molecule has 2 fully saturated rings. The second kappa shape index (κ2) is 6.79. The molecule has 2 aliphatic rings. The van der Waals surface area contributed by atoms with Crippen molar-refractivity contribution in [3.05, 3.63) is 34.7 Å². The number of pyridine rings is 1. The summed E-state index contributed by atoms with van der Waals surface area (Å²) in [6.45, 7) is 0.429. The lowest BCUT2D eigenvalue weighted by Crippen LogP contribution is -2.30. The highest BCUT2D eigenvalue weighted by molar-refractivity contribution is 6.27. The van der Waals surface area contributed by atoms with Crippen LogP contribution in [0.15, 0.2) is 17.7 Å². The number of rotatable bonds is 3. The summed E-state index contributed by atoms with van der Waals surface area (Å²) in [7, 11) is 0. The van der Waals surface area contributed by atoms with Gasteiger partial charge in [-0.1, -0.05) is 0 Å². The fourth-order valence-electron chi connectivity index (χ4n) is 3.51. The SMILES string of the molecule is CC(=O)OCc1nc(C(F)(F)F)ccc1C(O)=C1C(=O)C2CCC(C2)C1=O. The number of fused-ring (bicyclic) bond motifs is 2. The number of esters is 1. The zero-order valence-electron chi connectivity index (χ0n) is 14.3. The Kier molecular flexibility index (Phi) is 4.79. The van der Waals surface area contributed by atoms with Crippen LogP contribution in [0.4, 0.5) is 13.2 Å². The molecule has 144 valence electrons. The summed E-state index contributed by atoms with van der Waals surface area (Å²) in [5.74, 6) is -3.23. The number of hydrogen-bond acceptors (Lipinski definition) is 6. The third kappa shape index (κ3) is 3.58. The van der Waals surface area contributed by atoms with E-state index in [-0.39, 0.29) is 23.1 Å². The lowest BCUT2D eigenvalue weighted by atomic mass is 9.81. The Morgan fingerprint density at radius 1 is 1.22 bits per heavy atom. The molecule has 0 spiro atoms. The summed E-state index contributed by atoms with van der Waals surface area (Å²) in [5, 5.41) is 10.6. The summed E-state index contributed by atoms with van der Waals surface area (Å²) >= 11 is 0. The molecule has 1 N–H and O–H groups in total. The van der Waals surface area contributed by atoms with Gasteiger partial charge >= 0.3 is 12.1 Å². The number of halogens is 3. The zero-order chi connectivity index (χ0) is 19.9. The van der Waals surface area contributed by atoms with Crippen molar-refractivity contribution in [2.24, 2.45) is 11.8 Å². The molecule has 2 atom stereocenters. The molecule has 2 unspecified atom stereocenters. The van der Waals surface area contributed by atoms with E-state index in [9.17, 15) is 32.7 Å². The van der Waals surface area contributed by atoms with Gasteiger partial charge in [0.2, 0.25) is 0 Å². The number of ether oxygens (including phenoxy) is 1.